The highest BCUT2D eigenvalue weighted by Crippen LogP contribution is 2.42. The van der Waals surface area contributed by atoms with Crippen molar-refractivity contribution in [3.8, 4) is 12.1 Å². The van der Waals surface area contributed by atoms with E-state index in [9.17, 15) is 15.3 Å². The van der Waals surface area contributed by atoms with Gasteiger partial charge in [-0.15, -0.1) is 0 Å². The number of carbonyl (C=O) groups is 1. The third-order valence-corrected chi connectivity index (χ3v) is 14.8. The Morgan fingerprint density at radius 2 is 1.12 bits per heavy atom. The van der Waals surface area contributed by atoms with Gasteiger partial charge in [0.1, 0.15) is 0 Å². The summed E-state index contributed by atoms with van der Waals surface area (Å²) in [6.45, 7) is 2.14. The zero-order valence-electron chi connectivity index (χ0n) is 40.1. The molecule has 0 radical (unpaired) electrons. The minimum atomic E-state index is -0.392. The first-order valence-corrected chi connectivity index (χ1v) is 24.6. The molecule has 6 aromatic heterocycles. The lowest BCUT2D eigenvalue weighted by atomic mass is 9.88. The summed E-state index contributed by atoms with van der Waals surface area (Å²) >= 11 is 0. The lowest BCUT2D eigenvalue weighted by molar-refractivity contribution is -0.117. The summed E-state index contributed by atoms with van der Waals surface area (Å²) in [6, 6.07) is 32.2. The number of aromatic nitrogens is 6. The SMILES string of the molecule is Cc1cccnc1[C@@H]1CCC[C@H](c2ccc(Cc3cccnc3[C@@H]3CCC[C@H](c4ccc(Cc5cccnc5[C@@H]5CCC[C@H](c6cccc(CC(N)=O)n6)N5C)c(CC#N)n4)N3)c(CC#N)n2)N1C. The second kappa shape index (κ2) is 21.7. The molecule has 1 amide bonds. The van der Waals surface area contributed by atoms with Gasteiger partial charge in [-0.2, -0.15) is 10.5 Å². The molecule has 0 spiro atoms. The summed E-state index contributed by atoms with van der Waals surface area (Å²) < 4.78 is 0. The largest absolute Gasteiger partial charge is 0.369 e. The Morgan fingerprint density at radius 3 is 1.75 bits per heavy atom. The van der Waals surface area contributed by atoms with Crippen molar-refractivity contribution in [2.45, 2.75) is 133 Å². The molecule has 0 saturated carbocycles. The third-order valence-electron chi connectivity index (χ3n) is 14.8. The van der Waals surface area contributed by atoms with E-state index in [0.29, 0.717) is 18.5 Å². The van der Waals surface area contributed by atoms with Gasteiger partial charge in [-0.3, -0.25) is 44.5 Å². The molecule has 3 saturated heterocycles. The van der Waals surface area contributed by atoms with Crippen LogP contribution in [0.4, 0.5) is 0 Å². The van der Waals surface area contributed by atoms with Gasteiger partial charge in [0.15, 0.2) is 0 Å². The van der Waals surface area contributed by atoms with Gasteiger partial charge in [0, 0.05) is 37.5 Å². The van der Waals surface area contributed by atoms with Gasteiger partial charge in [-0.1, -0.05) is 36.4 Å². The van der Waals surface area contributed by atoms with E-state index in [1.807, 2.05) is 55.0 Å². The van der Waals surface area contributed by atoms with Gasteiger partial charge in [-0.25, -0.2) is 0 Å². The number of carbonyl (C=O) groups excluding carboxylic acids is 1. The number of nitrogens with zero attached hydrogens (tertiary/aromatic N) is 10. The van der Waals surface area contributed by atoms with Crippen LogP contribution in [-0.4, -0.2) is 59.7 Å². The monoisotopic (exact) mass is 919 g/mol. The first-order valence-electron chi connectivity index (χ1n) is 24.6. The molecule has 3 fully saturated rings. The molecule has 3 aliphatic heterocycles. The molecule has 3 N–H and O–H groups in total. The highest BCUT2D eigenvalue weighted by molar-refractivity contribution is 5.76. The number of nitriles is 2. The van der Waals surface area contributed by atoms with Crippen molar-refractivity contribution in [3.05, 3.63) is 177 Å². The Balaban J connectivity index is 0.912. The number of pyridine rings is 6. The second-order valence-corrected chi connectivity index (χ2v) is 19.2. The fourth-order valence-corrected chi connectivity index (χ4v) is 11.3. The van der Waals surface area contributed by atoms with Crippen LogP contribution in [-0.2, 0) is 36.9 Å². The summed E-state index contributed by atoms with van der Waals surface area (Å²) in [6.07, 6.45) is 16.4. The molecule has 0 aliphatic carbocycles. The van der Waals surface area contributed by atoms with E-state index in [1.165, 1.54) is 5.56 Å². The number of aryl methyl sites for hydroxylation is 1. The Labute approximate surface area is 406 Å². The zero-order chi connectivity index (χ0) is 47.9. The van der Waals surface area contributed by atoms with Crippen LogP contribution in [0.3, 0.4) is 0 Å². The van der Waals surface area contributed by atoms with Crippen LogP contribution in [0.1, 0.15) is 173 Å². The van der Waals surface area contributed by atoms with Gasteiger partial charge in [0.2, 0.25) is 5.91 Å². The number of rotatable bonds is 14. The third kappa shape index (κ3) is 10.6. The first-order chi connectivity index (χ1) is 33.7. The van der Waals surface area contributed by atoms with Crippen LogP contribution in [0.5, 0.6) is 0 Å². The Hall–Kier alpha value is -6.77. The van der Waals surface area contributed by atoms with E-state index in [0.717, 1.165) is 126 Å². The normalized spacial score (nSPS) is 22.1. The molecule has 13 heteroatoms. The lowest BCUT2D eigenvalue weighted by Crippen LogP contribution is -2.34. The predicted molar refractivity (Wildman–Crippen MR) is 264 cm³/mol. The molecular weight excluding hydrogens is 857 g/mol. The average molecular weight is 919 g/mol. The molecule has 69 heavy (non-hydrogen) atoms. The quantitative estimate of drug-likeness (QED) is 0.106. The molecule has 13 nitrogen and oxygen atoms in total. The van der Waals surface area contributed by atoms with E-state index in [4.69, 9.17) is 35.6 Å². The Morgan fingerprint density at radius 1 is 0.594 bits per heavy atom. The van der Waals surface area contributed by atoms with E-state index >= 15 is 0 Å². The molecule has 0 bridgehead atoms. The summed E-state index contributed by atoms with van der Waals surface area (Å²) in [5, 5.41) is 24.0. The highest BCUT2D eigenvalue weighted by Gasteiger charge is 2.35. The van der Waals surface area contributed by atoms with E-state index in [1.54, 1.807) is 0 Å². The number of hydrogen-bond donors (Lipinski definition) is 2. The van der Waals surface area contributed by atoms with Crippen molar-refractivity contribution in [2.75, 3.05) is 14.1 Å². The number of likely N-dealkylation sites (tertiary alicyclic amines) is 2. The molecule has 0 aromatic carbocycles. The summed E-state index contributed by atoms with van der Waals surface area (Å²) in [5.74, 6) is -0.392. The van der Waals surface area contributed by atoms with Gasteiger partial charge < -0.3 is 11.1 Å². The van der Waals surface area contributed by atoms with Gasteiger partial charge in [0.05, 0.1) is 113 Å². The fourth-order valence-electron chi connectivity index (χ4n) is 11.3. The average Bonchev–Trinajstić information content (AvgIpc) is 3.36. The van der Waals surface area contributed by atoms with Crippen molar-refractivity contribution < 1.29 is 4.79 Å². The maximum absolute atomic E-state index is 11.7. The Bertz CT molecular complexity index is 2870. The minimum absolute atomic E-state index is 0.00505. The van der Waals surface area contributed by atoms with Crippen molar-refractivity contribution in [1.29, 1.82) is 10.5 Å². The van der Waals surface area contributed by atoms with E-state index in [-0.39, 0.29) is 55.5 Å². The van der Waals surface area contributed by atoms with Crippen LogP contribution >= 0.6 is 0 Å². The first kappa shape index (κ1) is 47.3. The zero-order valence-corrected chi connectivity index (χ0v) is 40.1. The van der Waals surface area contributed by atoms with E-state index < -0.39 is 5.91 Å². The number of nitrogens with two attached hydrogens (primary N) is 1. The highest BCUT2D eigenvalue weighted by atomic mass is 16.1. The van der Waals surface area contributed by atoms with Crippen molar-refractivity contribution in [1.82, 2.24) is 45.0 Å². The second-order valence-electron chi connectivity index (χ2n) is 19.2. The summed E-state index contributed by atoms with van der Waals surface area (Å²) in [4.78, 5) is 46.5. The smallest absolute Gasteiger partial charge is 0.223 e. The van der Waals surface area contributed by atoms with Crippen molar-refractivity contribution in [2.24, 2.45) is 5.73 Å². The molecule has 6 aromatic rings. The van der Waals surface area contributed by atoms with Crippen LogP contribution < -0.4 is 11.1 Å². The predicted octanol–water partition coefficient (Wildman–Crippen LogP) is 9.06. The molecular formula is C56H62N12O. The van der Waals surface area contributed by atoms with Gasteiger partial charge in [-0.05, 0) is 149 Å². The maximum Gasteiger partial charge on any atom is 0.223 e. The summed E-state index contributed by atoms with van der Waals surface area (Å²) in [5.41, 5.74) is 19.4. The van der Waals surface area contributed by atoms with Crippen molar-refractivity contribution in [3.63, 3.8) is 0 Å². The molecule has 6 atom stereocenters. The fraction of sp³-hybridized carbons (Fsp3) is 0.411. The van der Waals surface area contributed by atoms with Crippen molar-refractivity contribution >= 4 is 5.91 Å². The van der Waals surface area contributed by atoms with Crippen LogP contribution in [0.15, 0.2) is 97.5 Å². The van der Waals surface area contributed by atoms with Crippen LogP contribution in [0.25, 0.3) is 0 Å². The van der Waals surface area contributed by atoms with Gasteiger partial charge >= 0.3 is 0 Å². The maximum atomic E-state index is 11.7. The topological polar surface area (TPSA) is 187 Å². The lowest BCUT2D eigenvalue weighted by Gasteiger charge is -2.39. The molecule has 9 rings (SSSR count). The minimum Gasteiger partial charge on any atom is -0.369 e. The van der Waals surface area contributed by atoms with Gasteiger partial charge in [0.25, 0.3) is 0 Å². The standard InChI is InChI=1S/C56H62N12O/c1-36-11-8-30-60-54(36)51-20-6-19-50(67(51)2)47-25-23-38(43(65-47)27-29-58)33-39-12-9-31-61-55(39)48-17-5-15-44(66-48)45-24-22-37(42(64-45)26-28-57)34-40-13-10-32-62-56(40)52-21-7-18-49(68(52)3)46-16-4-14-41(63-46)35-53(59)69/h4,8-14,16,22-25,30-32,44,48-52,66H,5-7,15,17-21,26-27,33-35H2,1-3H3,(H2,59,69)/t44-,48+,49-,50-,51+,52+/m1/s1. The van der Waals surface area contributed by atoms with Crippen LogP contribution in [0, 0.1) is 29.6 Å². The summed E-state index contributed by atoms with van der Waals surface area (Å²) in [7, 11) is 4.33. The Kier molecular flexibility index (Phi) is 14.9. The molecule has 9 heterocycles. The number of piperidine rings is 3. The van der Waals surface area contributed by atoms with E-state index in [2.05, 4.69) is 90.7 Å². The molecule has 352 valence electrons. The molecule has 3 aliphatic rings. The molecule has 0 unspecified atom stereocenters. The number of hydrogen-bond acceptors (Lipinski definition) is 12. The van der Waals surface area contributed by atoms with Crippen LogP contribution in [0.2, 0.25) is 0 Å². The number of primary amides is 1. The number of nitrogens with one attached hydrogen (secondary N) is 1. The number of amides is 1.